The molecule has 1 aliphatic heterocycles. The highest BCUT2D eigenvalue weighted by Gasteiger charge is 2.34. The van der Waals surface area contributed by atoms with Crippen molar-refractivity contribution in [2.45, 2.75) is 18.9 Å². The van der Waals surface area contributed by atoms with E-state index in [0.29, 0.717) is 11.3 Å². The number of benzene rings is 2. The molecule has 170 valence electrons. The van der Waals surface area contributed by atoms with Gasteiger partial charge in [0.25, 0.3) is 17.1 Å². The van der Waals surface area contributed by atoms with Gasteiger partial charge in [0.2, 0.25) is 0 Å². The van der Waals surface area contributed by atoms with Gasteiger partial charge in [0, 0.05) is 35.9 Å². The zero-order valence-corrected chi connectivity index (χ0v) is 18.3. The summed E-state index contributed by atoms with van der Waals surface area (Å²) in [5.74, 6) is -1.39. The molecule has 2 fully saturated rings. The average Bonchev–Trinajstić information content (AvgIpc) is 3.56. The van der Waals surface area contributed by atoms with E-state index in [1.165, 1.54) is 24.3 Å². The predicted molar refractivity (Wildman–Crippen MR) is 123 cm³/mol. The maximum atomic E-state index is 13.8. The number of halogens is 1. The Hall–Kier alpha value is -3.66. The summed E-state index contributed by atoms with van der Waals surface area (Å²) >= 11 is 0.734. The fourth-order valence-electron chi connectivity index (χ4n) is 3.09. The van der Waals surface area contributed by atoms with Crippen LogP contribution in [0.5, 0.6) is 0 Å². The molecule has 2 aromatic carbocycles. The van der Waals surface area contributed by atoms with Crippen molar-refractivity contribution in [1.29, 1.82) is 0 Å². The first-order chi connectivity index (χ1) is 15.9. The summed E-state index contributed by atoms with van der Waals surface area (Å²) in [6.45, 7) is 0.0552. The Morgan fingerprint density at radius 3 is 2.52 bits per heavy atom. The number of imide groups is 1. The molecule has 0 aromatic heterocycles. The summed E-state index contributed by atoms with van der Waals surface area (Å²) in [6, 6.07) is 12.3. The van der Waals surface area contributed by atoms with Crippen molar-refractivity contribution in [2.75, 3.05) is 18.4 Å². The molecule has 0 unspecified atom stereocenters. The summed E-state index contributed by atoms with van der Waals surface area (Å²) < 4.78 is 13.8. The molecular weight excluding hydrogens is 447 g/mol. The third-order valence-corrected chi connectivity index (χ3v) is 5.91. The molecule has 0 bridgehead atoms. The van der Waals surface area contributed by atoms with Crippen molar-refractivity contribution in [1.82, 2.24) is 15.5 Å². The molecular formula is C23H21FN4O4S. The van der Waals surface area contributed by atoms with Crippen LogP contribution in [-0.4, -0.2) is 47.1 Å². The molecule has 2 aliphatic rings. The van der Waals surface area contributed by atoms with Crippen molar-refractivity contribution >= 4 is 46.6 Å². The Morgan fingerprint density at radius 2 is 1.82 bits per heavy atom. The number of carbonyl (C=O) groups excluding carboxylic acids is 4. The second-order valence-electron chi connectivity index (χ2n) is 7.56. The van der Waals surface area contributed by atoms with Crippen LogP contribution in [0.2, 0.25) is 0 Å². The Bertz CT molecular complexity index is 1130. The van der Waals surface area contributed by atoms with Crippen LogP contribution in [0.4, 0.5) is 19.7 Å². The normalized spacial score (nSPS) is 16.8. The van der Waals surface area contributed by atoms with Crippen LogP contribution in [0.15, 0.2) is 53.4 Å². The highest BCUT2D eigenvalue weighted by molar-refractivity contribution is 8.18. The Kier molecular flexibility index (Phi) is 6.74. The summed E-state index contributed by atoms with van der Waals surface area (Å²) in [5.41, 5.74) is 1.15. The number of rotatable bonds is 7. The number of hydrogen-bond acceptors (Lipinski definition) is 5. The number of amides is 5. The van der Waals surface area contributed by atoms with Crippen LogP contribution in [0.1, 0.15) is 28.8 Å². The quantitative estimate of drug-likeness (QED) is 0.539. The van der Waals surface area contributed by atoms with Gasteiger partial charge in [-0.15, -0.1) is 0 Å². The van der Waals surface area contributed by atoms with Crippen LogP contribution in [-0.2, 0) is 4.79 Å². The molecule has 2 aromatic rings. The molecule has 0 radical (unpaired) electrons. The van der Waals surface area contributed by atoms with E-state index in [2.05, 4.69) is 16.0 Å². The van der Waals surface area contributed by atoms with Crippen molar-refractivity contribution in [3.63, 3.8) is 0 Å². The smallest absolute Gasteiger partial charge is 0.319 e. The fraction of sp³-hybridized carbons (Fsp3) is 0.217. The fourth-order valence-corrected chi connectivity index (χ4v) is 3.95. The lowest BCUT2D eigenvalue weighted by molar-refractivity contribution is -0.122. The summed E-state index contributed by atoms with van der Waals surface area (Å²) in [4.78, 5) is 50.0. The van der Waals surface area contributed by atoms with E-state index in [9.17, 15) is 23.6 Å². The number of thioether (sulfide) groups is 1. The molecule has 10 heteroatoms. The minimum atomic E-state index is -0.526. The first kappa shape index (κ1) is 22.5. The molecule has 0 spiro atoms. The molecule has 33 heavy (non-hydrogen) atoms. The Balaban J connectivity index is 1.27. The van der Waals surface area contributed by atoms with Crippen LogP contribution in [0.3, 0.4) is 0 Å². The number of carbonyl (C=O) groups is 4. The van der Waals surface area contributed by atoms with Crippen LogP contribution in [0, 0.1) is 5.82 Å². The third-order valence-electron chi connectivity index (χ3n) is 5.00. The van der Waals surface area contributed by atoms with Gasteiger partial charge in [0.1, 0.15) is 5.82 Å². The molecule has 1 aliphatic carbocycles. The second kappa shape index (κ2) is 9.86. The standard InChI is InChI=1S/C23H21FN4O4S/c24-18-4-2-1-3-15(18)13-19-21(30)28(23(32)33-19)12-11-25-20(29)14-5-7-16(8-6-14)26-22(31)27-17-9-10-17/h1-8,13,17H,9-12H2,(H,25,29)(H2,26,27,31)/b19-13-. The first-order valence-electron chi connectivity index (χ1n) is 10.4. The van der Waals surface area contributed by atoms with Gasteiger partial charge in [-0.25, -0.2) is 9.18 Å². The zero-order chi connectivity index (χ0) is 23.4. The molecule has 5 amide bonds. The van der Waals surface area contributed by atoms with E-state index in [1.54, 1.807) is 30.3 Å². The molecule has 1 saturated heterocycles. The van der Waals surface area contributed by atoms with Gasteiger partial charge in [0.05, 0.1) is 4.91 Å². The van der Waals surface area contributed by atoms with E-state index in [-0.39, 0.29) is 41.5 Å². The molecule has 3 N–H and O–H groups in total. The zero-order valence-electron chi connectivity index (χ0n) is 17.5. The lowest BCUT2D eigenvalue weighted by atomic mass is 10.2. The lowest BCUT2D eigenvalue weighted by Gasteiger charge is -2.13. The summed E-state index contributed by atoms with van der Waals surface area (Å²) in [5, 5.41) is 7.69. The predicted octanol–water partition coefficient (Wildman–Crippen LogP) is 3.58. The van der Waals surface area contributed by atoms with Gasteiger partial charge in [-0.1, -0.05) is 18.2 Å². The molecule has 1 heterocycles. The van der Waals surface area contributed by atoms with Gasteiger partial charge >= 0.3 is 6.03 Å². The minimum absolute atomic E-state index is 0.00794. The summed E-state index contributed by atoms with van der Waals surface area (Å²) in [6.07, 6.45) is 3.32. The van der Waals surface area contributed by atoms with Gasteiger partial charge in [-0.05, 0) is 61.0 Å². The number of nitrogens with zero attached hydrogens (tertiary/aromatic N) is 1. The van der Waals surface area contributed by atoms with E-state index >= 15 is 0 Å². The monoisotopic (exact) mass is 468 g/mol. The third kappa shape index (κ3) is 5.78. The summed E-state index contributed by atoms with van der Waals surface area (Å²) in [7, 11) is 0. The molecule has 1 saturated carbocycles. The van der Waals surface area contributed by atoms with E-state index in [4.69, 9.17) is 0 Å². The molecule has 4 rings (SSSR count). The lowest BCUT2D eigenvalue weighted by Crippen LogP contribution is -2.37. The number of hydrogen-bond donors (Lipinski definition) is 3. The van der Waals surface area contributed by atoms with Crippen LogP contribution in [0.25, 0.3) is 6.08 Å². The largest absolute Gasteiger partial charge is 0.350 e. The first-order valence-corrected chi connectivity index (χ1v) is 11.2. The van der Waals surface area contributed by atoms with Crippen LogP contribution >= 0.6 is 11.8 Å². The SMILES string of the molecule is O=C(Nc1ccc(C(=O)NCCN2C(=O)S/C(=C\c3ccccc3F)C2=O)cc1)NC1CC1. The van der Waals surface area contributed by atoms with Gasteiger partial charge in [-0.2, -0.15) is 0 Å². The van der Waals surface area contributed by atoms with Crippen molar-refractivity contribution in [3.05, 3.63) is 70.4 Å². The maximum Gasteiger partial charge on any atom is 0.319 e. The average molecular weight is 469 g/mol. The highest BCUT2D eigenvalue weighted by Crippen LogP contribution is 2.32. The topological polar surface area (TPSA) is 108 Å². The van der Waals surface area contributed by atoms with Crippen molar-refractivity contribution in [3.8, 4) is 0 Å². The second-order valence-corrected chi connectivity index (χ2v) is 8.55. The van der Waals surface area contributed by atoms with E-state index in [0.717, 1.165) is 29.5 Å². The molecule has 0 atom stereocenters. The number of nitrogens with one attached hydrogen (secondary N) is 3. The maximum absolute atomic E-state index is 13.8. The Morgan fingerprint density at radius 1 is 1.09 bits per heavy atom. The number of urea groups is 1. The highest BCUT2D eigenvalue weighted by atomic mass is 32.2. The number of anilines is 1. The van der Waals surface area contributed by atoms with E-state index in [1.807, 2.05) is 0 Å². The molecule has 8 nitrogen and oxygen atoms in total. The van der Waals surface area contributed by atoms with Crippen LogP contribution < -0.4 is 16.0 Å². The van der Waals surface area contributed by atoms with Gasteiger partial charge < -0.3 is 16.0 Å². The van der Waals surface area contributed by atoms with Crippen molar-refractivity contribution < 1.29 is 23.6 Å². The van der Waals surface area contributed by atoms with E-state index < -0.39 is 17.0 Å². The van der Waals surface area contributed by atoms with Gasteiger partial charge in [0.15, 0.2) is 0 Å². The van der Waals surface area contributed by atoms with Gasteiger partial charge in [-0.3, -0.25) is 19.3 Å². The minimum Gasteiger partial charge on any atom is -0.350 e. The Labute approximate surface area is 193 Å². The van der Waals surface area contributed by atoms with Crippen molar-refractivity contribution in [2.24, 2.45) is 0 Å².